The van der Waals surface area contributed by atoms with Crippen LogP contribution in [0.4, 0.5) is 0 Å². The average molecular weight is 177 g/mol. The van der Waals surface area contributed by atoms with Crippen LogP contribution in [0.1, 0.15) is 46.0 Å². The summed E-state index contributed by atoms with van der Waals surface area (Å²) >= 11 is 0. The molecule has 1 aliphatic rings. The zero-order valence-electron chi connectivity index (χ0n) is 8.97. The molecular formula is C13H21+. The largest absolute Gasteiger partial charge is 0.113 e. The van der Waals surface area contributed by atoms with E-state index in [2.05, 4.69) is 32.9 Å². The van der Waals surface area contributed by atoms with Gasteiger partial charge in [-0.25, -0.2) is 0 Å². The lowest BCUT2D eigenvalue weighted by atomic mass is 10.1. The molecule has 0 heteroatoms. The van der Waals surface area contributed by atoms with Crippen LogP contribution in [0, 0.1) is 12.8 Å². The van der Waals surface area contributed by atoms with Gasteiger partial charge < -0.3 is 0 Å². The van der Waals surface area contributed by atoms with Crippen molar-refractivity contribution in [3.8, 4) is 0 Å². The van der Waals surface area contributed by atoms with Crippen LogP contribution in [-0.2, 0) is 0 Å². The zero-order valence-corrected chi connectivity index (χ0v) is 8.97. The highest BCUT2D eigenvalue weighted by Crippen LogP contribution is 2.33. The molecule has 0 saturated heterocycles. The Hall–Kier alpha value is -0.650. The van der Waals surface area contributed by atoms with Gasteiger partial charge in [-0.15, -0.1) is 0 Å². The minimum Gasteiger partial charge on any atom is -0.0837 e. The van der Waals surface area contributed by atoms with Crippen molar-refractivity contribution in [2.45, 2.75) is 46.0 Å². The Morgan fingerprint density at radius 2 is 2.23 bits per heavy atom. The summed E-state index contributed by atoms with van der Waals surface area (Å²) in [7, 11) is 0. The highest BCUT2D eigenvalue weighted by Gasteiger charge is 2.13. The molecule has 0 aromatic carbocycles. The molecule has 0 aromatic heterocycles. The fraction of sp³-hybridized carbons (Fsp3) is 0.615. The topological polar surface area (TPSA) is 0 Å². The van der Waals surface area contributed by atoms with Crippen LogP contribution < -0.4 is 0 Å². The van der Waals surface area contributed by atoms with E-state index in [1.54, 1.807) is 11.1 Å². The van der Waals surface area contributed by atoms with E-state index in [1.807, 2.05) is 0 Å². The minimum absolute atomic E-state index is 0.508. The second kappa shape index (κ2) is 5.16. The third kappa shape index (κ3) is 4.21. The lowest BCUT2D eigenvalue weighted by Crippen LogP contribution is -1.84. The maximum absolute atomic E-state index is 4.02. The van der Waals surface area contributed by atoms with Crippen molar-refractivity contribution in [1.29, 1.82) is 0 Å². The third-order valence-corrected chi connectivity index (χ3v) is 2.72. The van der Waals surface area contributed by atoms with Crippen LogP contribution >= 0.6 is 0 Å². The van der Waals surface area contributed by atoms with Crippen molar-refractivity contribution in [1.82, 2.24) is 0 Å². The van der Waals surface area contributed by atoms with Crippen LogP contribution in [0.5, 0.6) is 0 Å². The summed E-state index contributed by atoms with van der Waals surface area (Å²) in [5.74, 6) is 0.508. The van der Waals surface area contributed by atoms with Gasteiger partial charge in [0.1, 0.15) is 5.92 Å². The van der Waals surface area contributed by atoms with Crippen LogP contribution in [0.2, 0.25) is 0 Å². The van der Waals surface area contributed by atoms with Crippen LogP contribution in [0.15, 0.2) is 23.3 Å². The van der Waals surface area contributed by atoms with E-state index in [1.165, 1.54) is 25.7 Å². The molecule has 0 aliphatic heterocycles. The summed E-state index contributed by atoms with van der Waals surface area (Å²) in [6.45, 7) is 8.48. The fourth-order valence-electron chi connectivity index (χ4n) is 1.39. The average Bonchev–Trinajstić information content (AvgIpc) is 2.94. The molecular weight excluding hydrogens is 156 g/mol. The van der Waals surface area contributed by atoms with Crippen LogP contribution in [0.3, 0.4) is 0 Å². The van der Waals surface area contributed by atoms with E-state index < -0.39 is 0 Å². The molecule has 72 valence electrons. The van der Waals surface area contributed by atoms with Gasteiger partial charge in [-0.2, -0.15) is 0 Å². The van der Waals surface area contributed by atoms with Crippen molar-refractivity contribution in [3.05, 3.63) is 30.2 Å². The zero-order chi connectivity index (χ0) is 9.68. The van der Waals surface area contributed by atoms with Crippen molar-refractivity contribution >= 4 is 0 Å². The molecule has 0 N–H and O–H groups in total. The molecule has 0 nitrogen and oxygen atoms in total. The quantitative estimate of drug-likeness (QED) is 0.434. The molecule has 1 rings (SSSR count). The Bertz CT molecular complexity index is 202. The normalized spacial score (nSPS) is 17.8. The van der Waals surface area contributed by atoms with E-state index in [-0.39, 0.29) is 0 Å². The minimum atomic E-state index is 0.508. The third-order valence-electron chi connectivity index (χ3n) is 2.72. The Balaban J connectivity index is 2.13. The van der Waals surface area contributed by atoms with Crippen molar-refractivity contribution in [2.24, 2.45) is 5.92 Å². The molecule has 0 aromatic rings. The van der Waals surface area contributed by atoms with E-state index in [0.717, 1.165) is 6.42 Å². The number of rotatable bonds is 5. The summed E-state index contributed by atoms with van der Waals surface area (Å²) in [5.41, 5.74) is 3.33. The predicted molar refractivity (Wildman–Crippen MR) is 59.4 cm³/mol. The summed E-state index contributed by atoms with van der Waals surface area (Å²) in [6, 6.07) is 0. The van der Waals surface area contributed by atoms with Gasteiger partial charge >= 0.3 is 0 Å². The lowest BCUT2D eigenvalue weighted by Gasteiger charge is -1.96. The van der Waals surface area contributed by atoms with Gasteiger partial charge in [-0.05, 0) is 45.1 Å². The van der Waals surface area contributed by atoms with Gasteiger partial charge in [-0.1, -0.05) is 24.1 Å². The highest BCUT2D eigenvalue weighted by molar-refractivity contribution is 5.23. The molecule has 1 unspecified atom stereocenters. The molecule has 1 atom stereocenters. The SMILES string of the molecule is [CH2+]C(/C=C\CCC(C)=C1CC1)CC. The van der Waals surface area contributed by atoms with E-state index in [4.69, 9.17) is 0 Å². The molecule has 0 bridgehead atoms. The fourth-order valence-corrected chi connectivity index (χ4v) is 1.39. The van der Waals surface area contributed by atoms with Gasteiger partial charge in [0.25, 0.3) is 0 Å². The first-order chi connectivity index (χ1) is 6.24. The molecule has 0 heterocycles. The van der Waals surface area contributed by atoms with E-state index >= 15 is 0 Å². The summed E-state index contributed by atoms with van der Waals surface area (Å²) < 4.78 is 0. The first-order valence-corrected chi connectivity index (χ1v) is 5.41. The Morgan fingerprint density at radius 3 is 2.77 bits per heavy atom. The smallest absolute Gasteiger partial charge is 0.0837 e. The summed E-state index contributed by atoms with van der Waals surface area (Å²) in [6.07, 6.45) is 10.9. The monoisotopic (exact) mass is 177 g/mol. The molecule has 1 saturated carbocycles. The molecule has 1 fully saturated rings. The summed E-state index contributed by atoms with van der Waals surface area (Å²) in [5, 5.41) is 0. The number of allylic oxidation sites excluding steroid dienone is 4. The van der Waals surface area contributed by atoms with Gasteiger partial charge in [0.15, 0.2) is 0 Å². The molecule has 0 radical (unpaired) electrons. The van der Waals surface area contributed by atoms with Crippen molar-refractivity contribution < 1.29 is 0 Å². The van der Waals surface area contributed by atoms with Gasteiger partial charge in [-0.3, -0.25) is 0 Å². The molecule has 0 amide bonds. The van der Waals surface area contributed by atoms with Gasteiger partial charge in [0.05, 0.1) is 6.92 Å². The predicted octanol–water partition coefficient (Wildman–Crippen LogP) is 4.29. The first kappa shape index (κ1) is 10.4. The lowest BCUT2D eigenvalue weighted by molar-refractivity contribution is 0.764. The van der Waals surface area contributed by atoms with Gasteiger partial charge in [0.2, 0.25) is 0 Å². The maximum atomic E-state index is 4.02. The van der Waals surface area contributed by atoms with Crippen LogP contribution in [0.25, 0.3) is 0 Å². The molecule has 0 spiro atoms. The van der Waals surface area contributed by atoms with E-state index in [9.17, 15) is 0 Å². The van der Waals surface area contributed by atoms with Crippen molar-refractivity contribution in [3.63, 3.8) is 0 Å². The Labute approximate surface area is 82.7 Å². The van der Waals surface area contributed by atoms with Crippen LogP contribution in [-0.4, -0.2) is 0 Å². The standard InChI is InChI=1S/C13H21/c1-4-11(2)7-5-6-8-12(3)13-9-10-13/h5,7,11H,2,4,6,8-10H2,1,3H3/q+1/b7-5-. The first-order valence-electron chi connectivity index (χ1n) is 5.41. The number of hydrogen-bond donors (Lipinski definition) is 0. The molecule has 1 aliphatic carbocycles. The number of hydrogen-bond acceptors (Lipinski definition) is 0. The highest BCUT2D eigenvalue weighted by atomic mass is 14.2. The second-order valence-corrected chi connectivity index (χ2v) is 4.02. The summed E-state index contributed by atoms with van der Waals surface area (Å²) in [4.78, 5) is 0. The maximum Gasteiger partial charge on any atom is 0.113 e. The van der Waals surface area contributed by atoms with E-state index in [0.29, 0.717) is 5.92 Å². The molecule has 13 heavy (non-hydrogen) atoms. The van der Waals surface area contributed by atoms with Gasteiger partial charge in [0, 0.05) is 0 Å². The second-order valence-electron chi connectivity index (χ2n) is 4.02. The Kier molecular flexibility index (Phi) is 4.14. The Morgan fingerprint density at radius 1 is 1.54 bits per heavy atom. The van der Waals surface area contributed by atoms with Crippen molar-refractivity contribution in [2.75, 3.05) is 0 Å².